The summed E-state index contributed by atoms with van der Waals surface area (Å²) in [5, 5.41) is 6.00. The Hall–Kier alpha value is -3.06. The third kappa shape index (κ3) is 5.23. The first-order valence-electron chi connectivity index (χ1n) is 9.21. The zero-order chi connectivity index (χ0) is 19.8. The molecular formula is C21H25N3O4. The zero-order valence-corrected chi connectivity index (χ0v) is 16.1. The van der Waals surface area contributed by atoms with E-state index in [0.717, 1.165) is 25.1 Å². The Balaban J connectivity index is 1.77. The highest BCUT2D eigenvalue weighted by molar-refractivity contribution is 6.10. The van der Waals surface area contributed by atoms with Crippen LogP contribution >= 0.6 is 0 Å². The average molecular weight is 383 g/mol. The number of nitrogens with one attached hydrogen (secondary N) is 2. The van der Waals surface area contributed by atoms with Crippen LogP contribution in [0.15, 0.2) is 53.5 Å². The number of hydrogen-bond acceptors (Lipinski definition) is 5. The number of benzene rings is 2. The molecule has 0 bridgehead atoms. The highest BCUT2D eigenvalue weighted by atomic mass is 16.5. The van der Waals surface area contributed by atoms with Gasteiger partial charge in [-0.15, -0.1) is 0 Å². The fourth-order valence-electron chi connectivity index (χ4n) is 2.91. The molecule has 1 saturated heterocycles. The summed E-state index contributed by atoms with van der Waals surface area (Å²) in [6.07, 6.45) is 2.09. The molecule has 0 spiro atoms. The van der Waals surface area contributed by atoms with Crippen molar-refractivity contribution in [2.24, 2.45) is 4.99 Å². The molecule has 7 heteroatoms. The number of rotatable bonds is 6. The quantitative estimate of drug-likeness (QED) is 0.592. The van der Waals surface area contributed by atoms with Crippen molar-refractivity contribution in [2.45, 2.75) is 18.9 Å². The lowest BCUT2D eigenvalue weighted by Crippen LogP contribution is -2.36. The van der Waals surface area contributed by atoms with E-state index in [9.17, 15) is 4.79 Å². The summed E-state index contributed by atoms with van der Waals surface area (Å²) < 4.78 is 16.2. The van der Waals surface area contributed by atoms with Gasteiger partial charge in [0, 0.05) is 23.9 Å². The number of carbonyl (C=O) groups is 1. The number of carbonyl (C=O) groups excluding carboxylic acids is 1. The Morgan fingerprint density at radius 1 is 1.14 bits per heavy atom. The van der Waals surface area contributed by atoms with E-state index in [1.807, 2.05) is 24.3 Å². The van der Waals surface area contributed by atoms with Gasteiger partial charge in [-0.05, 0) is 37.1 Å². The molecule has 7 nitrogen and oxygen atoms in total. The zero-order valence-electron chi connectivity index (χ0n) is 16.1. The Labute approximate surface area is 164 Å². The number of hydrogen-bond donors (Lipinski definition) is 2. The number of nitrogens with zero attached hydrogens (tertiary/aromatic N) is 1. The van der Waals surface area contributed by atoms with E-state index in [4.69, 9.17) is 14.2 Å². The molecule has 1 unspecified atom stereocenters. The number of guanidine groups is 1. The van der Waals surface area contributed by atoms with Crippen LogP contribution < -0.4 is 20.1 Å². The van der Waals surface area contributed by atoms with Gasteiger partial charge in [0.2, 0.25) is 5.96 Å². The maximum absolute atomic E-state index is 12.6. The first-order chi connectivity index (χ1) is 13.7. The Bertz CT molecular complexity index is 818. The molecule has 2 aromatic carbocycles. The topological polar surface area (TPSA) is 81.2 Å². The smallest absolute Gasteiger partial charge is 0.257 e. The van der Waals surface area contributed by atoms with Gasteiger partial charge < -0.3 is 19.5 Å². The molecule has 1 aliphatic heterocycles. The van der Waals surface area contributed by atoms with Crippen LogP contribution in [0, 0.1) is 0 Å². The van der Waals surface area contributed by atoms with Crippen molar-refractivity contribution in [3.8, 4) is 11.5 Å². The molecule has 1 fully saturated rings. The van der Waals surface area contributed by atoms with Crippen molar-refractivity contribution < 1.29 is 19.0 Å². The summed E-state index contributed by atoms with van der Waals surface area (Å²) in [7, 11) is 3.16. The Morgan fingerprint density at radius 2 is 1.93 bits per heavy atom. The second-order valence-corrected chi connectivity index (χ2v) is 6.34. The maximum Gasteiger partial charge on any atom is 0.257 e. The summed E-state index contributed by atoms with van der Waals surface area (Å²) in [4.78, 5) is 17.1. The second kappa shape index (κ2) is 9.75. The monoisotopic (exact) mass is 383 g/mol. The van der Waals surface area contributed by atoms with E-state index in [2.05, 4.69) is 15.6 Å². The molecule has 1 aliphatic rings. The predicted molar refractivity (Wildman–Crippen MR) is 108 cm³/mol. The van der Waals surface area contributed by atoms with Gasteiger partial charge in [0.15, 0.2) is 11.5 Å². The molecule has 2 aromatic rings. The lowest BCUT2D eigenvalue weighted by molar-refractivity contribution is 0.0975. The molecule has 1 amide bonds. The fourth-order valence-corrected chi connectivity index (χ4v) is 2.91. The first-order valence-corrected chi connectivity index (χ1v) is 9.21. The third-order valence-electron chi connectivity index (χ3n) is 4.39. The summed E-state index contributed by atoms with van der Waals surface area (Å²) in [5.41, 5.74) is 1.28. The number of amides is 1. The minimum absolute atomic E-state index is 0.0795. The minimum Gasteiger partial charge on any atom is -0.493 e. The molecule has 0 saturated carbocycles. The van der Waals surface area contributed by atoms with Gasteiger partial charge in [-0.3, -0.25) is 10.1 Å². The summed E-state index contributed by atoms with van der Waals surface area (Å²) in [6, 6.07) is 14.4. The molecule has 3 rings (SSSR count). The number of anilines is 1. The molecule has 28 heavy (non-hydrogen) atoms. The SMILES string of the molecule is COc1ccc(NC(=NCC2CCCO2)NC(=O)c2ccccc2)cc1OC. The summed E-state index contributed by atoms with van der Waals surface area (Å²) >= 11 is 0. The molecule has 0 aliphatic carbocycles. The van der Waals surface area contributed by atoms with Crippen LogP contribution in [0.2, 0.25) is 0 Å². The largest absolute Gasteiger partial charge is 0.493 e. The first kappa shape index (κ1) is 19.7. The van der Waals surface area contributed by atoms with Gasteiger partial charge in [0.25, 0.3) is 5.91 Å². The molecule has 1 atom stereocenters. The van der Waals surface area contributed by atoms with E-state index >= 15 is 0 Å². The summed E-state index contributed by atoms with van der Waals surface area (Å²) in [6.45, 7) is 1.24. The van der Waals surface area contributed by atoms with Crippen LogP contribution in [0.5, 0.6) is 11.5 Å². The highest BCUT2D eigenvalue weighted by Gasteiger charge is 2.16. The van der Waals surface area contributed by atoms with E-state index in [1.165, 1.54) is 0 Å². The van der Waals surface area contributed by atoms with E-state index in [-0.39, 0.29) is 12.0 Å². The highest BCUT2D eigenvalue weighted by Crippen LogP contribution is 2.29. The van der Waals surface area contributed by atoms with Gasteiger partial charge in [-0.1, -0.05) is 18.2 Å². The normalized spacial score (nSPS) is 16.5. The van der Waals surface area contributed by atoms with Crippen molar-refractivity contribution in [1.82, 2.24) is 5.32 Å². The van der Waals surface area contributed by atoms with Crippen LogP contribution in [-0.4, -0.2) is 45.3 Å². The molecule has 0 radical (unpaired) electrons. The van der Waals surface area contributed by atoms with Crippen LogP contribution in [0.25, 0.3) is 0 Å². The van der Waals surface area contributed by atoms with Gasteiger partial charge in [0.05, 0.1) is 26.9 Å². The average Bonchev–Trinajstić information content (AvgIpc) is 3.26. The van der Waals surface area contributed by atoms with Crippen molar-refractivity contribution in [3.05, 3.63) is 54.1 Å². The second-order valence-electron chi connectivity index (χ2n) is 6.34. The standard InChI is InChI=1S/C21H25N3O4/c1-26-18-11-10-16(13-19(18)27-2)23-21(22-14-17-9-6-12-28-17)24-20(25)15-7-4-3-5-8-15/h3-5,7-8,10-11,13,17H,6,9,12,14H2,1-2H3,(H2,22,23,24,25). The lowest BCUT2D eigenvalue weighted by Gasteiger charge is -2.15. The molecule has 1 heterocycles. The van der Waals surface area contributed by atoms with Crippen LogP contribution in [0.4, 0.5) is 5.69 Å². The van der Waals surface area contributed by atoms with E-state index in [1.54, 1.807) is 38.5 Å². The van der Waals surface area contributed by atoms with Gasteiger partial charge in [-0.25, -0.2) is 4.99 Å². The van der Waals surface area contributed by atoms with E-state index < -0.39 is 0 Å². The van der Waals surface area contributed by atoms with Crippen LogP contribution in [0.3, 0.4) is 0 Å². The molecule has 148 valence electrons. The molecule has 0 aromatic heterocycles. The van der Waals surface area contributed by atoms with Crippen LogP contribution in [-0.2, 0) is 4.74 Å². The fraction of sp³-hybridized carbons (Fsp3) is 0.333. The maximum atomic E-state index is 12.6. The van der Waals surface area contributed by atoms with E-state index in [0.29, 0.717) is 29.6 Å². The minimum atomic E-state index is -0.236. The van der Waals surface area contributed by atoms with Gasteiger partial charge in [-0.2, -0.15) is 0 Å². The Morgan fingerprint density at radius 3 is 2.61 bits per heavy atom. The van der Waals surface area contributed by atoms with Crippen molar-refractivity contribution >= 4 is 17.6 Å². The van der Waals surface area contributed by atoms with Crippen molar-refractivity contribution in [1.29, 1.82) is 0 Å². The number of aliphatic imine (C=N–C) groups is 1. The number of methoxy groups -OCH3 is 2. The number of ether oxygens (including phenoxy) is 3. The van der Waals surface area contributed by atoms with Crippen molar-refractivity contribution in [2.75, 3.05) is 32.7 Å². The predicted octanol–water partition coefficient (Wildman–Crippen LogP) is 3.08. The van der Waals surface area contributed by atoms with Gasteiger partial charge >= 0.3 is 0 Å². The molecular weight excluding hydrogens is 358 g/mol. The molecule has 2 N–H and O–H groups in total. The third-order valence-corrected chi connectivity index (χ3v) is 4.39. The lowest BCUT2D eigenvalue weighted by atomic mass is 10.2. The van der Waals surface area contributed by atoms with Crippen LogP contribution in [0.1, 0.15) is 23.2 Å². The van der Waals surface area contributed by atoms with Gasteiger partial charge in [0.1, 0.15) is 0 Å². The summed E-state index contributed by atoms with van der Waals surface area (Å²) in [5.74, 6) is 1.33. The Kier molecular flexibility index (Phi) is 6.86. The van der Waals surface area contributed by atoms with Crippen molar-refractivity contribution in [3.63, 3.8) is 0 Å².